The molecule has 4 rings (SSSR count). The zero-order valence-electron chi connectivity index (χ0n) is 35.7. The molecule has 2 aliphatic rings. The highest BCUT2D eigenvalue weighted by atomic mass is 16.7. The van der Waals surface area contributed by atoms with E-state index in [1.54, 1.807) is 13.8 Å². The van der Waals surface area contributed by atoms with E-state index in [0.29, 0.717) is 6.61 Å². The number of benzene rings is 2. The van der Waals surface area contributed by atoms with Crippen LogP contribution in [-0.2, 0) is 52.3 Å². The quantitative estimate of drug-likeness (QED) is 0.0565. The van der Waals surface area contributed by atoms with Gasteiger partial charge < -0.3 is 48.1 Å². The highest BCUT2D eigenvalue weighted by Crippen LogP contribution is 2.35. The lowest BCUT2D eigenvalue weighted by Gasteiger charge is -2.37. The number of carbonyl (C=O) groups is 3. The van der Waals surface area contributed by atoms with Crippen molar-refractivity contribution in [1.29, 1.82) is 0 Å². The number of unbranched alkanes of at least 4 members (excludes halogenated alkanes) is 9. The molecule has 2 aromatic carbocycles. The molecule has 13 heteroatoms. The van der Waals surface area contributed by atoms with Gasteiger partial charge in [0.05, 0.1) is 51.7 Å². The maximum Gasteiger partial charge on any atom is 0.318 e. The van der Waals surface area contributed by atoms with Crippen molar-refractivity contribution in [1.82, 2.24) is 0 Å². The second-order valence-corrected chi connectivity index (χ2v) is 17.2. The van der Waals surface area contributed by atoms with Gasteiger partial charge in [0.25, 0.3) is 0 Å². The van der Waals surface area contributed by atoms with E-state index >= 15 is 0 Å². The van der Waals surface area contributed by atoms with Crippen molar-refractivity contribution in [3.63, 3.8) is 0 Å². The molecule has 2 aromatic rings. The Kier molecular flexibility index (Phi) is 19.7. The summed E-state index contributed by atoms with van der Waals surface area (Å²) in [6.07, 6.45) is 10.5. The number of rotatable bonds is 26. The smallest absolute Gasteiger partial charge is 0.318 e. The molecule has 2 N–H and O–H groups in total. The van der Waals surface area contributed by atoms with Gasteiger partial charge in [-0.15, -0.1) is 0 Å². The minimum atomic E-state index is -1.70. The largest absolute Gasteiger partial charge is 0.464 e. The minimum Gasteiger partial charge on any atom is -0.464 e. The Labute approximate surface area is 350 Å². The van der Waals surface area contributed by atoms with Crippen LogP contribution in [-0.4, -0.2) is 101 Å². The predicted molar refractivity (Wildman–Crippen MR) is 219 cm³/mol. The summed E-state index contributed by atoms with van der Waals surface area (Å²) in [5.74, 6) is -2.22. The molecular formula is C46H68O13. The molecule has 0 unspecified atom stereocenters. The first-order valence-electron chi connectivity index (χ1n) is 21.3. The van der Waals surface area contributed by atoms with Gasteiger partial charge in [0.15, 0.2) is 12.6 Å². The molecule has 0 atom stereocenters. The van der Waals surface area contributed by atoms with Crippen molar-refractivity contribution >= 4 is 17.9 Å². The number of aliphatic hydroxyl groups is 2. The second kappa shape index (κ2) is 24.1. The number of carbonyl (C=O) groups excluding carboxylic acids is 3. The molecule has 2 aliphatic heterocycles. The maximum absolute atomic E-state index is 13.9. The van der Waals surface area contributed by atoms with Crippen LogP contribution < -0.4 is 0 Å². The van der Waals surface area contributed by atoms with Crippen LogP contribution in [0.2, 0.25) is 0 Å². The number of aliphatic hydroxyl groups excluding tert-OH is 2. The van der Waals surface area contributed by atoms with Gasteiger partial charge in [0, 0.05) is 17.7 Å². The van der Waals surface area contributed by atoms with Crippen LogP contribution in [0.4, 0.5) is 0 Å². The molecule has 59 heavy (non-hydrogen) atoms. The SMILES string of the molecule is CCCCCCCCCCCCOCC(CO)(CO)COC(=O)C(C)(COC(=O)C1(C)COC(c2ccccc2)OC1)COC(=O)C1(C)COC(c2ccccc2)OC1. The van der Waals surface area contributed by atoms with Crippen molar-refractivity contribution in [3.8, 4) is 0 Å². The summed E-state index contributed by atoms with van der Waals surface area (Å²) < 4.78 is 46.6. The van der Waals surface area contributed by atoms with Crippen molar-refractivity contribution in [3.05, 3.63) is 71.8 Å². The van der Waals surface area contributed by atoms with E-state index in [1.165, 1.54) is 51.9 Å². The summed E-state index contributed by atoms with van der Waals surface area (Å²) in [5.41, 5.74) is -3.76. The molecule has 0 radical (unpaired) electrons. The number of hydrogen-bond donors (Lipinski definition) is 2. The lowest BCUT2D eigenvalue weighted by Crippen LogP contribution is -2.49. The van der Waals surface area contributed by atoms with Gasteiger partial charge in [-0.25, -0.2) is 0 Å². The summed E-state index contributed by atoms with van der Waals surface area (Å²) in [4.78, 5) is 41.1. The van der Waals surface area contributed by atoms with Crippen LogP contribution in [0.1, 0.15) is 116 Å². The molecule has 330 valence electrons. The van der Waals surface area contributed by atoms with Crippen molar-refractivity contribution in [2.45, 2.75) is 104 Å². The van der Waals surface area contributed by atoms with Crippen molar-refractivity contribution in [2.24, 2.45) is 21.7 Å². The predicted octanol–water partition coefficient (Wildman–Crippen LogP) is 7.03. The molecule has 0 aromatic heterocycles. The Morgan fingerprint density at radius 1 is 0.610 bits per heavy atom. The van der Waals surface area contributed by atoms with Crippen molar-refractivity contribution < 1.29 is 62.5 Å². The number of hydrogen-bond acceptors (Lipinski definition) is 13. The molecule has 0 saturated carbocycles. The third-order valence-electron chi connectivity index (χ3n) is 11.1. The molecule has 0 bridgehead atoms. The van der Waals surface area contributed by atoms with Gasteiger partial charge in [0.1, 0.15) is 36.1 Å². The monoisotopic (exact) mass is 828 g/mol. The van der Waals surface area contributed by atoms with E-state index in [-0.39, 0.29) is 33.0 Å². The lowest BCUT2D eigenvalue weighted by molar-refractivity contribution is -0.239. The third kappa shape index (κ3) is 14.6. The molecule has 0 aliphatic carbocycles. The summed E-state index contributed by atoms with van der Waals surface area (Å²) in [6, 6.07) is 18.7. The van der Waals surface area contributed by atoms with Crippen molar-refractivity contribution in [2.75, 3.05) is 72.7 Å². The summed E-state index contributed by atoms with van der Waals surface area (Å²) in [6.45, 7) is 4.89. The average Bonchev–Trinajstić information content (AvgIpc) is 3.27. The zero-order valence-corrected chi connectivity index (χ0v) is 35.7. The van der Waals surface area contributed by atoms with Crippen LogP contribution in [0.25, 0.3) is 0 Å². The van der Waals surface area contributed by atoms with Gasteiger partial charge in [-0.1, -0.05) is 125 Å². The topological polar surface area (TPSA) is 166 Å². The highest BCUT2D eigenvalue weighted by molar-refractivity contribution is 5.81. The second-order valence-electron chi connectivity index (χ2n) is 17.2. The standard InChI is InChI=1S/C46H68O13/c1-5-6-7-8-9-10-11-12-13-20-25-52-34-46(26-47,27-48)35-59-42(51)45(4,32-57-40(49)43(2)28-53-38(54-29-43)36-21-16-14-17-22-36)33-58-41(50)44(3)30-55-39(56-31-44)37-23-18-15-19-24-37/h14-19,21-24,38-39,47-48H,5-13,20,25-35H2,1-4H3. The summed E-state index contributed by atoms with van der Waals surface area (Å²) in [5, 5.41) is 20.7. The van der Waals surface area contributed by atoms with Gasteiger partial charge in [-0.2, -0.15) is 0 Å². The van der Waals surface area contributed by atoms with E-state index in [1.807, 2.05) is 60.7 Å². The molecular weight excluding hydrogens is 760 g/mol. The Morgan fingerprint density at radius 3 is 1.42 bits per heavy atom. The molecule has 0 spiro atoms. The molecule has 2 saturated heterocycles. The van der Waals surface area contributed by atoms with Gasteiger partial charge in [0.2, 0.25) is 0 Å². The number of esters is 3. The third-order valence-corrected chi connectivity index (χ3v) is 11.1. The summed E-state index contributed by atoms with van der Waals surface area (Å²) in [7, 11) is 0. The molecule has 2 heterocycles. The van der Waals surface area contributed by atoms with Crippen LogP contribution in [0.15, 0.2) is 60.7 Å². The fraction of sp³-hybridized carbons (Fsp3) is 0.674. The normalized spacial score (nSPS) is 23.2. The fourth-order valence-electron chi connectivity index (χ4n) is 6.66. The van der Waals surface area contributed by atoms with E-state index in [4.69, 9.17) is 37.9 Å². The zero-order chi connectivity index (χ0) is 42.6. The minimum absolute atomic E-state index is 0.00147. The van der Waals surface area contributed by atoms with E-state index < -0.39 is 85.2 Å². The van der Waals surface area contributed by atoms with E-state index in [2.05, 4.69) is 6.92 Å². The van der Waals surface area contributed by atoms with E-state index in [0.717, 1.165) is 30.4 Å². The molecule has 2 fully saturated rings. The Balaban J connectivity index is 1.33. The van der Waals surface area contributed by atoms with Gasteiger partial charge in [-0.3, -0.25) is 14.4 Å². The average molecular weight is 829 g/mol. The maximum atomic E-state index is 13.9. The summed E-state index contributed by atoms with van der Waals surface area (Å²) >= 11 is 0. The molecule has 13 nitrogen and oxygen atoms in total. The van der Waals surface area contributed by atoms with Gasteiger partial charge >= 0.3 is 17.9 Å². The number of ether oxygens (including phenoxy) is 8. The van der Waals surface area contributed by atoms with Crippen LogP contribution in [0.5, 0.6) is 0 Å². The highest BCUT2D eigenvalue weighted by Gasteiger charge is 2.47. The Bertz CT molecular complexity index is 1430. The van der Waals surface area contributed by atoms with Crippen LogP contribution in [0.3, 0.4) is 0 Å². The molecule has 0 amide bonds. The van der Waals surface area contributed by atoms with Crippen LogP contribution >= 0.6 is 0 Å². The van der Waals surface area contributed by atoms with E-state index in [9.17, 15) is 24.6 Å². The first kappa shape index (κ1) is 48.2. The Hall–Kier alpha value is -3.43. The van der Waals surface area contributed by atoms with Crippen LogP contribution in [0, 0.1) is 21.7 Å². The Morgan fingerprint density at radius 2 is 1.02 bits per heavy atom. The lowest BCUT2D eigenvalue weighted by atomic mass is 9.89. The first-order chi connectivity index (χ1) is 28.4. The van der Waals surface area contributed by atoms with Gasteiger partial charge in [-0.05, 0) is 27.2 Å². The first-order valence-corrected chi connectivity index (χ1v) is 21.3. The fourth-order valence-corrected chi connectivity index (χ4v) is 6.66.